The molecule has 1 aromatic rings. The van der Waals surface area contributed by atoms with Gasteiger partial charge in [-0.05, 0) is 18.4 Å². The summed E-state index contributed by atoms with van der Waals surface area (Å²) >= 11 is 1.61. The molecule has 0 aliphatic carbocycles. The van der Waals surface area contributed by atoms with Gasteiger partial charge in [0.25, 0.3) is 0 Å². The minimum absolute atomic E-state index is 0.00918. The van der Waals surface area contributed by atoms with Crippen molar-refractivity contribution in [1.29, 1.82) is 0 Å². The highest BCUT2D eigenvalue weighted by Crippen LogP contribution is 2.11. The van der Waals surface area contributed by atoms with Gasteiger partial charge < -0.3 is 16.0 Å². The van der Waals surface area contributed by atoms with Crippen molar-refractivity contribution in [2.24, 2.45) is 5.73 Å². The molecule has 0 aliphatic heterocycles. The zero-order valence-corrected chi connectivity index (χ0v) is 10.6. The molecule has 0 saturated heterocycles. The van der Waals surface area contributed by atoms with Gasteiger partial charge in [0.2, 0.25) is 11.8 Å². The van der Waals surface area contributed by atoms with E-state index >= 15 is 0 Å². The average Bonchev–Trinajstić information content (AvgIpc) is 2.85. The number of nitrogens with one attached hydrogen (secondary N) is 1. The second kappa shape index (κ2) is 7.03. The monoisotopic (exact) mass is 255 g/mol. The molecule has 6 heteroatoms. The molecular weight excluding hydrogens is 238 g/mol. The summed E-state index contributed by atoms with van der Waals surface area (Å²) in [5.74, 6) is -0.409. The number of rotatable bonds is 6. The first-order chi connectivity index (χ1) is 8.17. The molecule has 0 atom stereocenters. The van der Waals surface area contributed by atoms with Crippen molar-refractivity contribution >= 4 is 23.2 Å². The number of likely N-dealkylation sites (N-methyl/N-ethyl adjacent to an activating group) is 1. The van der Waals surface area contributed by atoms with Crippen LogP contribution in [0.3, 0.4) is 0 Å². The maximum atomic E-state index is 11.8. The van der Waals surface area contributed by atoms with Crippen LogP contribution in [0.1, 0.15) is 11.8 Å². The van der Waals surface area contributed by atoms with Crippen LogP contribution in [0.4, 0.5) is 0 Å². The van der Waals surface area contributed by atoms with Crippen LogP contribution in [0, 0.1) is 0 Å². The van der Waals surface area contributed by atoms with Gasteiger partial charge in [0, 0.05) is 11.4 Å². The van der Waals surface area contributed by atoms with Crippen LogP contribution in [0.25, 0.3) is 0 Å². The molecule has 2 amide bonds. The van der Waals surface area contributed by atoms with E-state index in [1.807, 2.05) is 24.4 Å². The van der Waals surface area contributed by atoms with E-state index in [0.29, 0.717) is 13.1 Å². The van der Waals surface area contributed by atoms with E-state index in [9.17, 15) is 9.59 Å². The topological polar surface area (TPSA) is 75.4 Å². The quantitative estimate of drug-likeness (QED) is 0.761. The zero-order valence-electron chi connectivity index (χ0n) is 9.81. The molecule has 1 aromatic heterocycles. The maximum absolute atomic E-state index is 11.8. The second-order valence-electron chi connectivity index (χ2n) is 3.47. The fourth-order valence-corrected chi connectivity index (χ4v) is 2.04. The first-order valence-electron chi connectivity index (χ1n) is 5.44. The Labute approximate surface area is 105 Å². The third-order valence-corrected chi connectivity index (χ3v) is 3.14. The highest BCUT2D eigenvalue weighted by molar-refractivity contribution is 7.09. The fraction of sp³-hybridized carbons (Fsp3) is 0.455. The summed E-state index contributed by atoms with van der Waals surface area (Å²) in [5, 5.41) is 4.45. The standard InChI is InChI=1S/C11H17N3O2S/c1-2-14(8-9-4-3-5-17-9)11(16)7-13-10(15)6-12/h3-5H,2,6-8,12H2,1H3,(H,13,15). The van der Waals surface area contributed by atoms with Gasteiger partial charge in [0.1, 0.15) is 0 Å². The lowest BCUT2D eigenvalue weighted by molar-refractivity contribution is -0.132. The summed E-state index contributed by atoms with van der Waals surface area (Å²) in [4.78, 5) is 25.6. The normalized spacial score (nSPS) is 10.0. The van der Waals surface area contributed by atoms with Crippen LogP contribution in [0.15, 0.2) is 17.5 Å². The van der Waals surface area contributed by atoms with Gasteiger partial charge in [-0.3, -0.25) is 9.59 Å². The van der Waals surface area contributed by atoms with Gasteiger partial charge in [-0.2, -0.15) is 0 Å². The van der Waals surface area contributed by atoms with Gasteiger partial charge in [-0.25, -0.2) is 0 Å². The van der Waals surface area contributed by atoms with E-state index in [4.69, 9.17) is 5.73 Å². The summed E-state index contributed by atoms with van der Waals surface area (Å²) in [7, 11) is 0. The smallest absolute Gasteiger partial charge is 0.242 e. The van der Waals surface area contributed by atoms with Gasteiger partial charge in [-0.15, -0.1) is 11.3 Å². The van der Waals surface area contributed by atoms with E-state index in [-0.39, 0.29) is 24.9 Å². The Morgan fingerprint density at radius 1 is 1.53 bits per heavy atom. The molecule has 0 aromatic carbocycles. The van der Waals surface area contributed by atoms with Crippen molar-refractivity contribution in [3.8, 4) is 0 Å². The summed E-state index contributed by atoms with van der Waals surface area (Å²) in [5.41, 5.74) is 5.14. The molecule has 94 valence electrons. The summed E-state index contributed by atoms with van der Waals surface area (Å²) in [6.45, 7) is 3.04. The number of nitrogens with two attached hydrogens (primary N) is 1. The van der Waals surface area contributed by atoms with Crippen LogP contribution < -0.4 is 11.1 Å². The Balaban J connectivity index is 2.44. The van der Waals surface area contributed by atoms with Crippen molar-refractivity contribution in [2.75, 3.05) is 19.6 Å². The SMILES string of the molecule is CCN(Cc1cccs1)C(=O)CNC(=O)CN. The molecule has 3 N–H and O–H groups in total. The number of nitrogens with zero attached hydrogens (tertiary/aromatic N) is 1. The number of thiophene rings is 1. The maximum Gasteiger partial charge on any atom is 0.242 e. The number of carbonyl (C=O) groups excluding carboxylic acids is 2. The van der Waals surface area contributed by atoms with E-state index < -0.39 is 0 Å². The first kappa shape index (κ1) is 13.7. The molecule has 0 spiro atoms. The van der Waals surface area contributed by atoms with Crippen LogP contribution in [-0.2, 0) is 16.1 Å². The van der Waals surface area contributed by atoms with E-state index in [2.05, 4.69) is 5.32 Å². The lowest BCUT2D eigenvalue weighted by Crippen LogP contribution is -2.41. The highest BCUT2D eigenvalue weighted by atomic mass is 32.1. The molecule has 0 aliphatic rings. The Morgan fingerprint density at radius 2 is 2.29 bits per heavy atom. The number of carbonyl (C=O) groups is 2. The van der Waals surface area contributed by atoms with Gasteiger partial charge in [-0.1, -0.05) is 6.07 Å². The lowest BCUT2D eigenvalue weighted by atomic mass is 10.4. The van der Waals surface area contributed by atoms with Crippen LogP contribution in [0.2, 0.25) is 0 Å². The summed E-state index contributed by atoms with van der Waals surface area (Å²) in [6.07, 6.45) is 0. The summed E-state index contributed by atoms with van der Waals surface area (Å²) in [6, 6.07) is 3.94. The molecule has 0 unspecified atom stereocenters. The first-order valence-corrected chi connectivity index (χ1v) is 6.32. The Morgan fingerprint density at radius 3 is 2.82 bits per heavy atom. The van der Waals surface area contributed by atoms with Crippen LogP contribution in [-0.4, -0.2) is 36.3 Å². The van der Waals surface area contributed by atoms with E-state index in [1.165, 1.54) is 0 Å². The average molecular weight is 255 g/mol. The molecule has 0 saturated carbocycles. The number of amides is 2. The summed E-state index contributed by atoms with van der Waals surface area (Å²) < 4.78 is 0. The van der Waals surface area contributed by atoms with Gasteiger partial charge in [0.05, 0.1) is 19.6 Å². The molecular formula is C11H17N3O2S. The number of hydrogen-bond donors (Lipinski definition) is 2. The Bertz CT molecular complexity index is 365. The van der Waals surface area contributed by atoms with E-state index in [0.717, 1.165) is 4.88 Å². The molecule has 5 nitrogen and oxygen atoms in total. The highest BCUT2D eigenvalue weighted by Gasteiger charge is 2.13. The van der Waals surface area contributed by atoms with Crippen molar-refractivity contribution in [2.45, 2.75) is 13.5 Å². The number of hydrogen-bond acceptors (Lipinski definition) is 4. The molecule has 0 fully saturated rings. The molecule has 1 rings (SSSR count). The largest absolute Gasteiger partial charge is 0.346 e. The van der Waals surface area contributed by atoms with Gasteiger partial charge in [0.15, 0.2) is 0 Å². The van der Waals surface area contributed by atoms with Crippen LogP contribution in [0.5, 0.6) is 0 Å². The lowest BCUT2D eigenvalue weighted by Gasteiger charge is -2.20. The molecule has 1 heterocycles. The third kappa shape index (κ3) is 4.54. The molecule has 0 radical (unpaired) electrons. The minimum atomic E-state index is -0.314. The molecule has 0 bridgehead atoms. The fourth-order valence-electron chi connectivity index (χ4n) is 1.33. The van der Waals surface area contributed by atoms with Gasteiger partial charge >= 0.3 is 0 Å². The predicted octanol–water partition coefficient (Wildman–Crippen LogP) is 0.171. The second-order valence-corrected chi connectivity index (χ2v) is 4.50. The van der Waals surface area contributed by atoms with Crippen molar-refractivity contribution in [3.05, 3.63) is 22.4 Å². The van der Waals surface area contributed by atoms with Crippen molar-refractivity contribution < 1.29 is 9.59 Å². The Hall–Kier alpha value is -1.40. The molecule has 17 heavy (non-hydrogen) atoms. The van der Waals surface area contributed by atoms with E-state index in [1.54, 1.807) is 16.2 Å². The van der Waals surface area contributed by atoms with Crippen molar-refractivity contribution in [1.82, 2.24) is 10.2 Å². The zero-order chi connectivity index (χ0) is 12.7. The Kier molecular flexibility index (Phi) is 5.65. The van der Waals surface area contributed by atoms with Crippen molar-refractivity contribution in [3.63, 3.8) is 0 Å². The third-order valence-electron chi connectivity index (χ3n) is 2.28. The minimum Gasteiger partial charge on any atom is -0.346 e. The van der Waals surface area contributed by atoms with Crippen LogP contribution >= 0.6 is 11.3 Å². The predicted molar refractivity (Wildman–Crippen MR) is 67.5 cm³/mol.